The van der Waals surface area contributed by atoms with Gasteiger partial charge in [0.05, 0.1) is 17.4 Å². The second-order valence-corrected chi connectivity index (χ2v) is 8.92. The lowest BCUT2D eigenvalue weighted by Gasteiger charge is -2.18. The number of hydrogen-bond acceptors (Lipinski definition) is 3. The molecule has 2 N–H and O–H groups in total. The molecule has 2 aromatic carbocycles. The Morgan fingerprint density at radius 2 is 1.69 bits per heavy atom. The highest BCUT2D eigenvalue weighted by Gasteiger charge is 2.51. The Labute approximate surface area is 154 Å². The lowest BCUT2D eigenvalue weighted by Crippen LogP contribution is -2.34. The van der Waals surface area contributed by atoms with Crippen molar-refractivity contribution in [2.75, 3.05) is 11.0 Å². The van der Waals surface area contributed by atoms with Crippen LogP contribution in [0, 0.1) is 13.8 Å². The molecule has 138 valence electrons. The van der Waals surface area contributed by atoms with E-state index in [1.807, 2.05) is 26.0 Å². The molecule has 0 spiro atoms. The second-order valence-electron chi connectivity index (χ2n) is 7.17. The second kappa shape index (κ2) is 6.76. The molecule has 0 heterocycles. The number of carbonyl (C=O) groups is 1. The largest absolute Gasteiger partial charge is 0.351 e. The number of anilines is 1. The van der Waals surface area contributed by atoms with Crippen molar-refractivity contribution < 1.29 is 13.2 Å². The first-order chi connectivity index (χ1) is 12.2. The molecule has 1 aliphatic carbocycles. The molecule has 26 heavy (non-hydrogen) atoms. The molecule has 0 radical (unpaired) electrons. The van der Waals surface area contributed by atoms with E-state index in [0.29, 0.717) is 5.69 Å². The number of para-hydroxylation sites is 1. The SMILES string of the molecule is Cc1cc(C)cc(C2(C(=O)NCc3ccccc3NS(C)(=O)=O)CC2)c1. The number of benzene rings is 2. The van der Waals surface area contributed by atoms with E-state index in [9.17, 15) is 13.2 Å². The Morgan fingerprint density at radius 3 is 2.27 bits per heavy atom. The molecule has 1 saturated carbocycles. The minimum Gasteiger partial charge on any atom is -0.351 e. The predicted molar refractivity (Wildman–Crippen MR) is 104 cm³/mol. The molecule has 5 nitrogen and oxygen atoms in total. The zero-order valence-electron chi connectivity index (χ0n) is 15.3. The van der Waals surface area contributed by atoms with Crippen LogP contribution in [0.5, 0.6) is 0 Å². The number of amides is 1. The van der Waals surface area contributed by atoms with E-state index in [1.165, 1.54) is 0 Å². The van der Waals surface area contributed by atoms with Crippen molar-refractivity contribution in [2.45, 2.75) is 38.6 Å². The van der Waals surface area contributed by atoms with Crippen LogP contribution in [-0.4, -0.2) is 20.6 Å². The van der Waals surface area contributed by atoms with Gasteiger partial charge in [0.25, 0.3) is 0 Å². The van der Waals surface area contributed by atoms with Crippen molar-refractivity contribution in [3.63, 3.8) is 0 Å². The van der Waals surface area contributed by atoms with Crippen molar-refractivity contribution in [3.8, 4) is 0 Å². The van der Waals surface area contributed by atoms with Crippen molar-refractivity contribution in [3.05, 3.63) is 64.7 Å². The van der Waals surface area contributed by atoms with Crippen LogP contribution in [0.4, 0.5) is 5.69 Å². The van der Waals surface area contributed by atoms with Gasteiger partial charge >= 0.3 is 0 Å². The maximum Gasteiger partial charge on any atom is 0.230 e. The van der Waals surface area contributed by atoms with Gasteiger partial charge in [0.2, 0.25) is 15.9 Å². The fraction of sp³-hybridized carbons (Fsp3) is 0.350. The topological polar surface area (TPSA) is 75.3 Å². The van der Waals surface area contributed by atoms with E-state index in [2.05, 4.69) is 28.2 Å². The Bertz CT molecular complexity index is 927. The first kappa shape index (κ1) is 18.5. The van der Waals surface area contributed by atoms with E-state index in [1.54, 1.807) is 12.1 Å². The number of nitrogens with one attached hydrogen (secondary N) is 2. The van der Waals surface area contributed by atoms with E-state index < -0.39 is 15.4 Å². The van der Waals surface area contributed by atoms with E-state index in [0.717, 1.165) is 41.4 Å². The fourth-order valence-electron chi connectivity index (χ4n) is 3.34. The highest BCUT2D eigenvalue weighted by Crippen LogP contribution is 2.48. The highest BCUT2D eigenvalue weighted by atomic mass is 32.2. The van der Waals surface area contributed by atoms with Crippen LogP contribution >= 0.6 is 0 Å². The zero-order valence-corrected chi connectivity index (χ0v) is 16.1. The van der Waals surface area contributed by atoms with Gasteiger partial charge in [-0.05, 0) is 43.9 Å². The van der Waals surface area contributed by atoms with Gasteiger partial charge in [-0.3, -0.25) is 9.52 Å². The number of carbonyl (C=O) groups excluding carboxylic acids is 1. The molecule has 1 aliphatic rings. The van der Waals surface area contributed by atoms with Crippen LogP contribution < -0.4 is 10.0 Å². The van der Waals surface area contributed by atoms with Gasteiger partial charge in [0.15, 0.2) is 0 Å². The molecule has 0 unspecified atom stereocenters. The Morgan fingerprint density at radius 1 is 1.08 bits per heavy atom. The summed E-state index contributed by atoms with van der Waals surface area (Å²) in [5, 5.41) is 2.99. The van der Waals surface area contributed by atoms with Crippen molar-refractivity contribution >= 4 is 21.6 Å². The molecule has 3 rings (SSSR count). The van der Waals surface area contributed by atoms with Gasteiger partial charge in [0.1, 0.15) is 0 Å². The minimum absolute atomic E-state index is 0.00309. The third-order valence-electron chi connectivity index (χ3n) is 4.71. The molecule has 0 saturated heterocycles. The minimum atomic E-state index is -3.37. The first-order valence-electron chi connectivity index (χ1n) is 8.62. The molecule has 6 heteroatoms. The summed E-state index contributed by atoms with van der Waals surface area (Å²) in [6.45, 7) is 4.36. The number of rotatable bonds is 6. The number of sulfonamides is 1. The number of hydrogen-bond donors (Lipinski definition) is 2. The van der Waals surface area contributed by atoms with Crippen molar-refractivity contribution in [2.24, 2.45) is 0 Å². The van der Waals surface area contributed by atoms with E-state index in [4.69, 9.17) is 0 Å². The third kappa shape index (κ3) is 4.07. The summed E-state index contributed by atoms with van der Waals surface area (Å²) < 4.78 is 25.5. The molecular weight excluding hydrogens is 348 g/mol. The molecule has 0 aromatic heterocycles. The smallest absolute Gasteiger partial charge is 0.230 e. The van der Waals surface area contributed by atoms with Crippen LogP contribution in [0.15, 0.2) is 42.5 Å². The van der Waals surface area contributed by atoms with E-state index >= 15 is 0 Å². The highest BCUT2D eigenvalue weighted by molar-refractivity contribution is 7.92. The van der Waals surface area contributed by atoms with Gasteiger partial charge in [-0.15, -0.1) is 0 Å². The summed E-state index contributed by atoms with van der Waals surface area (Å²) >= 11 is 0. The Balaban J connectivity index is 1.76. The van der Waals surface area contributed by atoms with Gasteiger partial charge in [-0.1, -0.05) is 47.5 Å². The zero-order chi connectivity index (χ0) is 18.9. The lowest BCUT2D eigenvalue weighted by molar-refractivity contribution is -0.123. The monoisotopic (exact) mass is 372 g/mol. The van der Waals surface area contributed by atoms with Crippen LogP contribution in [0.25, 0.3) is 0 Å². The molecule has 2 aromatic rings. The van der Waals surface area contributed by atoms with Crippen LogP contribution in [0.2, 0.25) is 0 Å². The summed E-state index contributed by atoms with van der Waals surface area (Å²) in [4.78, 5) is 12.9. The summed E-state index contributed by atoms with van der Waals surface area (Å²) in [7, 11) is -3.37. The average Bonchev–Trinajstić information content (AvgIpc) is 3.33. The van der Waals surface area contributed by atoms with Crippen LogP contribution in [0.1, 0.15) is 35.1 Å². The molecule has 0 aliphatic heterocycles. The number of aryl methyl sites for hydroxylation is 2. The Kier molecular flexibility index (Phi) is 4.80. The van der Waals surface area contributed by atoms with Gasteiger partial charge < -0.3 is 5.32 Å². The summed E-state index contributed by atoms with van der Waals surface area (Å²) in [6, 6.07) is 13.4. The first-order valence-corrected chi connectivity index (χ1v) is 10.5. The molecule has 0 atom stereocenters. The van der Waals surface area contributed by atoms with Crippen molar-refractivity contribution in [1.29, 1.82) is 0 Å². The standard InChI is InChI=1S/C20H24N2O3S/c1-14-10-15(2)12-17(11-14)20(8-9-20)19(23)21-13-16-6-4-5-7-18(16)22-26(3,24)25/h4-7,10-12,22H,8-9,13H2,1-3H3,(H,21,23). The average molecular weight is 372 g/mol. The van der Waals surface area contributed by atoms with Crippen molar-refractivity contribution in [1.82, 2.24) is 5.32 Å². The van der Waals surface area contributed by atoms with Crippen LogP contribution in [-0.2, 0) is 26.8 Å². The van der Waals surface area contributed by atoms with Crippen LogP contribution in [0.3, 0.4) is 0 Å². The lowest BCUT2D eigenvalue weighted by atomic mass is 9.92. The molecule has 0 bridgehead atoms. The summed E-state index contributed by atoms with van der Waals surface area (Å²) in [5.74, 6) is -0.00309. The molecule has 1 fully saturated rings. The summed E-state index contributed by atoms with van der Waals surface area (Å²) in [5.41, 5.74) is 4.16. The predicted octanol–water partition coefficient (Wildman–Crippen LogP) is 3.02. The maximum absolute atomic E-state index is 12.9. The molecular formula is C20H24N2O3S. The van der Waals surface area contributed by atoms with Gasteiger partial charge in [-0.25, -0.2) is 8.42 Å². The maximum atomic E-state index is 12.9. The normalized spacial score (nSPS) is 15.3. The van der Waals surface area contributed by atoms with Gasteiger partial charge in [0, 0.05) is 6.54 Å². The van der Waals surface area contributed by atoms with Gasteiger partial charge in [-0.2, -0.15) is 0 Å². The Hall–Kier alpha value is -2.34. The quantitative estimate of drug-likeness (QED) is 0.818. The van der Waals surface area contributed by atoms with E-state index in [-0.39, 0.29) is 12.5 Å². The summed E-state index contributed by atoms with van der Waals surface area (Å²) in [6.07, 6.45) is 2.79. The molecule has 1 amide bonds. The third-order valence-corrected chi connectivity index (χ3v) is 5.30. The fourth-order valence-corrected chi connectivity index (χ4v) is 3.94.